The first-order valence-corrected chi connectivity index (χ1v) is 8.03. The van der Waals surface area contributed by atoms with Crippen molar-refractivity contribution in [2.24, 2.45) is 5.92 Å². The average molecular weight is 295 g/mol. The van der Waals surface area contributed by atoms with Crippen molar-refractivity contribution in [3.63, 3.8) is 0 Å². The highest BCUT2D eigenvalue weighted by Gasteiger charge is 2.45. The molecule has 3 fully saturated rings. The summed E-state index contributed by atoms with van der Waals surface area (Å²) in [7, 11) is 0. The van der Waals surface area contributed by atoms with E-state index in [0.717, 1.165) is 25.7 Å². The standard InChI is InChI=1S/C16H25NO4/c1-2-8-20-14-4-3-13-15(14)21-11-7-17(13)16(18)12-5-9-19-10-6-12/h2,12-15H,1,3-11H2/t13-,14+,15+/m0/s1. The molecule has 0 unspecified atom stereocenters. The van der Waals surface area contributed by atoms with E-state index in [0.29, 0.717) is 38.9 Å². The van der Waals surface area contributed by atoms with Gasteiger partial charge in [-0.2, -0.15) is 0 Å². The number of hydrogen-bond acceptors (Lipinski definition) is 4. The predicted molar refractivity (Wildman–Crippen MR) is 78.0 cm³/mol. The van der Waals surface area contributed by atoms with Gasteiger partial charge in [0, 0.05) is 25.7 Å². The van der Waals surface area contributed by atoms with Crippen LogP contribution in [0.4, 0.5) is 0 Å². The summed E-state index contributed by atoms with van der Waals surface area (Å²) in [6, 6.07) is 0.184. The van der Waals surface area contributed by atoms with Gasteiger partial charge in [-0.3, -0.25) is 4.79 Å². The van der Waals surface area contributed by atoms with Crippen LogP contribution in [0.15, 0.2) is 12.7 Å². The molecule has 2 saturated heterocycles. The Labute approximate surface area is 126 Å². The predicted octanol–water partition coefficient (Wildman–Crippen LogP) is 1.37. The molecule has 0 aromatic heterocycles. The molecule has 2 heterocycles. The number of ether oxygens (including phenoxy) is 3. The zero-order valence-electron chi connectivity index (χ0n) is 12.5. The quantitative estimate of drug-likeness (QED) is 0.735. The van der Waals surface area contributed by atoms with Gasteiger partial charge in [0.2, 0.25) is 5.91 Å². The summed E-state index contributed by atoms with van der Waals surface area (Å²) in [5.41, 5.74) is 0. The van der Waals surface area contributed by atoms with Gasteiger partial charge in [-0.15, -0.1) is 6.58 Å². The van der Waals surface area contributed by atoms with Gasteiger partial charge in [0.1, 0.15) is 6.10 Å². The summed E-state index contributed by atoms with van der Waals surface area (Å²) in [5, 5.41) is 0. The minimum absolute atomic E-state index is 0.0301. The highest BCUT2D eigenvalue weighted by Crippen LogP contribution is 2.33. The summed E-state index contributed by atoms with van der Waals surface area (Å²) < 4.78 is 17.1. The Morgan fingerprint density at radius 2 is 2.05 bits per heavy atom. The number of amides is 1. The molecule has 5 nitrogen and oxygen atoms in total. The zero-order valence-corrected chi connectivity index (χ0v) is 12.5. The fourth-order valence-electron chi connectivity index (χ4n) is 3.74. The first-order valence-electron chi connectivity index (χ1n) is 8.03. The molecule has 2 aliphatic heterocycles. The molecule has 0 spiro atoms. The van der Waals surface area contributed by atoms with Crippen LogP contribution in [0.1, 0.15) is 25.7 Å². The lowest BCUT2D eigenvalue weighted by molar-refractivity contribution is -0.157. The second kappa shape index (κ2) is 6.90. The number of rotatable bonds is 4. The first-order chi connectivity index (χ1) is 10.3. The summed E-state index contributed by atoms with van der Waals surface area (Å²) in [6.45, 7) is 6.98. The highest BCUT2D eigenvalue weighted by molar-refractivity contribution is 5.79. The maximum absolute atomic E-state index is 12.8. The van der Waals surface area contributed by atoms with Crippen LogP contribution in [0.25, 0.3) is 0 Å². The Hall–Kier alpha value is -0.910. The number of fused-ring (bicyclic) bond motifs is 1. The second-order valence-corrected chi connectivity index (χ2v) is 6.06. The number of nitrogens with zero attached hydrogens (tertiary/aromatic N) is 1. The molecule has 1 saturated carbocycles. The van der Waals surface area contributed by atoms with Crippen LogP contribution in [-0.2, 0) is 19.0 Å². The summed E-state index contributed by atoms with van der Waals surface area (Å²) in [4.78, 5) is 14.8. The normalized spacial score (nSPS) is 33.7. The SMILES string of the molecule is C=CCO[C@@H]1CC[C@H]2[C@H]1OCCN2C(=O)C1CCOCC1. The number of morpholine rings is 1. The molecule has 3 rings (SSSR count). The van der Waals surface area contributed by atoms with Crippen molar-refractivity contribution in [2.75, 3.05) is 33.0 Å². The van der Waals surface area contributed by atoms with Crippen molar-refractivity contribution >= 4 is 5.91 Å². The highest BCUT2D eigenvalue weighted by atomic mass is 16.5. The molecular formula is C16H25NO4. The fraction of sp³-hybridized carbons (Fsp3) is 0.812. The van der Waals surface area contributed by atoms with Crippen LogP contribution < -0.4 is 0 Å². The van der Waals surface area contributed by atoms with Gasteiger partial charge in [-0.1, -0.05) is 6.08 Å². The first kappa shape index (κ1) is 15.0. The van der Waals surface area contributed by atoms with Crippen molar-refractivity contribution < 1.29 is 19.0 Å². The Kier molecular flexibility index (Phi) is 4.93. The Balaban J connectivity index is 1.63. The van der Waals surface area contributed by atoms with Gasteiger partial charge >= 0.3 is 0 Å². The number of hydrogen-bond donors (Lipinski definition) is 0. The smallest absolute Gasteiger partial charge is 0.226 e. The van der Waals surface area contributed by atoms with Gasteiger partial charge in [-0.25, -0.2) is 0 Å². The minimum Gasteiger partial charge on any atom is -0.381 e. The Morgan fingerprint density at radius 3 is 2.81 bits per heavy atom. The molecule has 0 bridgehead atoms. The maximum atomic E-state index is 12.8. The molecule has 0 aromatic carbocycles. The van der Waals surface area contributed by atoms with Crippen molar-refractivity contribution in [2.45, 2.75) is 43.9 Å². The van der Waals surface area contributed by atoms with Crippen molar-refractivity contribution in [3.05, 3.63) is 12.7 Å². The molecule has 5 heteroatoms. The van der Waals surface area contributed by atoms with E-state index < -0.39 is 0 Å². The van der Waals surface area contributed by atoms with E-state index in [1.165, 1.54) is 0 Å². The minimum atomic E-state index is 0.0301. The largest absolute Gasteiger partial charge is 0.381 e. The van der Waals surface area contributed by atoms with Gasteiger partial charge in [0.05, 0.1) is 25.4 Å². The molecule has 21 heavy (non-hydrogen) atoms. The van der Waals surface area contributed by atoms with Crippen molar-refractivity contribution in [3.8, 4) is 0 Å². The molecule has 118 valence electrons. The summed E-state index contributed by atoms with van der Waals surface area (Å²) in [6.07, 6.45) is 5.53. The second-order valence-electron chi connectivity index (χ2n) is 6.06. The lowest BCUT2D eigenvalue weighted by Crippen LogP contribution is -2.55. The van der Waals surface area contributed by atoms with Crippen LogP contribution >= 0.6 is 0 Å². The Morgan fingerprint density at radius 1 is 1.24 bits per heavy atom. The number of carbonyl (C=O) groups is 1. The third-order valence-corrected chi connectivity index (χ3v) is 4.82. The van der Waals surface area contributed by atoms with Gasteiger partial charge in [-0.05, 0) is 25.7 Å². The maximum Gasteiger partial charge on any atom is 0.226 e. The van der Waals surface area contributed by atoms with Crippen LogP contribution in [0.2, 0.25) is 0 Å². The molecule has 3 aliphatic rings. The Bertz CT molecular complexity index is 380. The zero-order chi connectivity index (χ0) is 14.7. The third kappa shape index (κ3) is 3.15. The number of carbonyl (C=O) groups excluding carboxylic acids is 1. The molecule has 0 N–H and O–H groups in total. The van der Waals surface area contributed by atoms with Crippen LogP contribution in [0, 0.1) is 5.92 Å². The van der Waals surface area contributed by atoms with Crippen LogP contribution in [0.3, 0.4) is 0 Å². The monoisotopic (exact) mass is 295 g/mol. The molecule has 1 aliphatic carbocycles. The van der Waals surface area contributed by atoms with Crippen LogP contribution in [0.5, 0.6) is 0 Å². The molecule has 1 amide bonds. The summed E-state index contributed by atoms with van der Waals surface area (Å²) >= 11 is 0. The van der Waals surface area contributed by atoms with Crippen molar-refractivity contribution in [1.29, 1.82) is 0 Å². The topological polar surface area (TPSA) is 48.0 Å². The van der Waals surface area contributed by atoms with E-state index in [9.17, 15) is 4.79 Å². The van der Waals surface area contributed by atoms with Crippen LogP contribution in [-0.4, -0.2) is 62.0 Å². The third-order valence-electron chi connectivity index (χ3n) is 4.82. The van der Waals surface area contributed by atoms with E-state index >= 15 is 0 Å². The lowest BCUT2D eigenvalue weighted by atomic mass is 9.97. The summed E-state index contributed by atoms with van der Waals surface area (Å²) in [5.74, 6) is 0.423. The molecule has 3 atom stereocenters. The molecule has 0 aromatic rings. The average Bonchev–Trinajstić information content (AvgIpc) is 2.96. The van der Waals surface area contributed by atoms with E-state index in [2.05, 4.69) is 11.5 Å². The molecule has 0 radical (unpaired) electrons. The van der Waals surface area contributed by atoms with Gasteiger partial charge in [0.25, 0.3) is 0 Å². The van der Waals surface area contributed by atoms with E-state index in [-0.39, 0.29) is 24.2 Å². The van der Waals surface area contributed by atoms with Gasteiger partial charge in [0.15, 0.2) is 0 Å². The van der Waals surface area contributed by atoms with E-state index in [4.69, 9.17) is 14.2 Å². The van der Waals surface area contributed by atoms with E-state index in [1.54, 1.807) is 6.08 Å². The van der Waals surface area contributed by atoms with Crippen molar-refractivity contribution in [1.82, 2.24) is 4.90 Å². The fourth-order valence-corrected chi connectivity index (χ4v) is 3.74. The van der Waals surface area contributed by atoms with E-state index in [1.807, 2.05) is 0 Å². The molecular weight excluding hydrogens is 270 g/mol. The lowest BCUT2D eigenvalue weighted by Gasteiger charge is -2.41. The van der Waals surface area contributed by atoms with Gasteiger partial charge < -0.3 is 19.1 Å².